The third kappa shape index (κ3) is 4.14. The van der Waals surface area contributed by atoms with Crippen LogP contribution in [0, 0.1) is 19.8 Å². The quantitative estimate of drug-likeness (QED) is 0.742. The van der Waals surface area contributed by atoms with Gasteiger partial charge in [0.2, 0.25) is 5.91 Å². The Morgan fingerprint density at radius 2 is 2.17 bits per heavy atom. The van der Waals surface area contributed by atoms with Crippen molar-refractivity contribution in [3.63, 3.8) is 0 Å². The van der Waals surface area contributed by atoms with Gasteiger partial charge in [-0.3, -0.25) is 9.48 Å². The van der Waals surface area contributed by atoms with Gasteiger partial charge in [0, 0.05) is 18.8 Å². The molecule has 0 aromatic carbocycles. The zero-order chi connectivity index (χ0) is 13.7. The summed E-state index contributed by atoms with van der Waals surface area (Å²) in [6, 6.07) is 1.63. The molecule has 0 aliphatic rings. The molecular formula is C13H24N4O. The molecule has 0 saturated carbocycles. The van der Waals surface area contributed by atoms with Crippen molar-refractivity contribution in [2.24, 2.45) is 11.7 Å². The third-order valence-electron chi connectivity index (χ3n) is 2.97. The fraction of sp³-hybridized carbons (Fsp3) is 0.692. The number of carbonyl (C=O) groups excluding carboxylic acids is 1. The van der Waals surface area contributed by atoms with Crippen LogP contribution in [0.4, 0.5) is 0 Å². The van der Waals surface area contributed by atoms with Crippen LogP contribution in [0.2, 0.25) is 0 Å². The number of hydrogen-bond acceptors (Lipinski definition) is 3. The number of carbonyl (C=O) groups is 1. The zero-order valence-electron chi connectivity index (χ0n) is 11.7. The van der Waals surface area contributed by atoms with Crippen LogP contribution in [0.15, 0.2) is 6.07 Å². The van der Waals surface area contributed by atoms with E-state index >= 15 is 0 Å². The first-order valence-corrected chi connectivity index (χ1v) is 6.46. The zero-order valence-corrected chi connectivity index (χ0v) is 11.7. The van der Waals surface area contributed by atoms with E-state index in [2.05, 4.69) is 10.4 Å². The van der Waals surface area contributed by atoms with Gasteiger partial charge in [-0.15, -0.1) is 0 Å². The minimum atomic E-state index is -0.418. The summed E-state index contributed by atoms with van der Waals surface area (Å²) in [6.45, 7) is 9.36. The van der Waals surface area contributed by atoms with E-state index in [0.717, 1.165) is 24.4 Å². The third-order valence-corrected chi connectivity index (χ3v) is 2.97. The van der Waals surface area contributed by atoms with E-state index in [1.165, 1.54) is 0 Å². The van der Waals surface area contributed by atoms with E-state index in [9.17, 15) is 4.79 Å². The van der Waals surface area contributed by atoms with Gasteiger partial charge in [0.25, 0.3) is 0 Å². The molecule has 0 aliphatic heterocycles. The molecule has 0 spiro atoms. The lowest BCUT2D eigenvalue weighted by Gasteiger charge is -2.15. The van der Waals surface area contributed by atoms with E-state index in [-0.39, 0.29) is 11.8 Å². The summed E-state index contributed by atoms with van der Waals surface area (Å²) in [6.07, 6.45) is 0.860. The highest BCUT2D eigenvalue weighted by atomic mass is 16.2. The molecule has 1 atom stereocenters. The van der Waals surface area contributed by atoms with Crippen molar-refractivity contribution in [2.75, 3.05) is 6.54 Å². The Morgan fingerprint density at radius 1 is 1.50 bits per heavy atom. The topological polar surface area (TPSA) is 72.9 Å². The molecule has 0 bridgehead atoms. The van der Waals surface area contributed by atoms with Crippen LogP contribution in [0.25, 0.3) is 0 Å². The number of nitrogens with zero attached hydrogens (tertiary/aromatic N) is 2. The van der Waals surface area contributed by atoms with E-state index in [1.54, 1.807) is 0 Å². The van der Waals surface area contributed by atoms with Crippen molar-refractivity contribution in [3.8, 4) is 0 Å². The Bertz CT molecular complexity index is 398. The standard InChI is InChI=1S/C13H24N4O/c1-9(2)12(14)13(18)15-6-5-7-17-11(4)8-10(3)16-17/h8-9,12H,5-7,14H2,1-4H3,(H,15,18)/t12-/m1/s1. The summed E-state index contributed by atoms with van der Waals surface area (Å²) >= 11 is 0. The van der Waals surface area contributed by atoms with Gasteiger partial charge in [-0.25, -0.2) is 0 Å². The molecule has 18 heavy (non-hydrogen) atoms. The molecular weight excluding hydrogens is 228 g/mol. The number of aromatic nitrogens is 2. The van der Waals surface area contributed by atoms with Crippen LogP contribution in [0.5, 0.6) is 0 Å². The minimum Gasteiger partial charge on any atom is -0.355 e. The first-order chi connectivity index (χ1) is 8.41. The van der Waals surface area contributed by atoms with Gasteiger partial charge in [0.1, 0.15) is 0 Å². The van der Waals surface area contributed by atoms with Crippen molar-refractivity contribution in [3.05, 3.63) is 17.5 Å². The summed E-state index contributed by atoms with van der Waals surface area (Å²) in [7, 11) is 0. The van der Waals surface area contributed by atoms with Crippen LogP contribution in [0.3, 0.4) is 0 Å². The summed E-state index contributed by atoms with van der Waals surface area (Å²) in [5.74, 6) is 0.0966. The molecule has 0 saturated heterocycles. The first-order valence-electron chi connectivity index (χ1n) is 6.46. The SMILES string of the molecule is Cc1cc(C)n(CCCNC(=O)[C@H](N)C(C)C)n1. The molecule has 1 aromatic heterocycles. The Balaban J connectivity index is 2.27. The Morgan fingerprint density at radius 3 is 2.67 bits per heavy atom. The van der Waals surface area contributed by atoms with Gasteiger partial charge in [-0.2, -0.15) is 5.10 Å². The van der Waals surface area contributed by atoms with Crippen molar-refractivity contribution >= 4 is 5.91 Å². The van der Waals surface area contributed by atoms with Gasteiger partial charge in [-0.1, -0.05) is 13.8 Å². The maximum absolute atomic E-state index is 11.6. The maximum Gasteiger partial charge on any atom is 0.237 e. The Labute approximate surface area is 109 Å². The van der Waals surface area contributed by atoms with Gasteiger partial charge in [0.15, 0.2) is 0 Å². The largest absolute Gasteiger partial charge is 0.355 e. The second kappa shape index (κ2) is 6.54. The van der Waals surface area contributed by atoms with Crippen LogP contribution < -0.4 is 11.1 Å². The molecule has 5 heteroatoms. The lowest BCUT2D eigenvalue weighted by atomic mass is 10.1. The molecule has 1 amide bonds. The maximum atomic E-state index is 11.6. The van der Waals surface area contributed by atoms with Crippen molar-refractivity contribution in [2.45, 2.75) is 46.7 Å². The number of hydrogen-bond donors (Lipinski definition) is 2. The Hall–Kier alpha value is -1.36. The molecule has 0 fully saturated rings. The van der Waals surface area contributed by atoms with Crippen molar-refractivity contribution < 1.29 is 4.79 Å². The fourth-order valence-corrected chi connectivity index (χ4v) is 1.76. The normalized spacial score (nSPS) is 12.8. The van der Waals surface area contributed by atoms with Gasteiger partial charge in [-0.05, 0) is 32.3 Å². The fourth-order valence-electron chi connectivity index (χ4n) is 1.76. The monoisotopic (exact) mass is 252 g/mol. The summed E-state index contributed by atoms with van der Waals surface area (Å²) in [5.41, 5.74) is 7.93. The highest BCUT2D eigenvalue weighted by Crippen LogP contribution is 2.02. The highest BCUT2D eigenvalue weighted by Gasteiger charge is 2.16. The van der Waals surface area contributed by atoms with Gasteiger partial charge < -0.3 is 11.1 Å². The molecule has 0 radical (unpaired) electrons. The van der Waals surface area contributed by atoms with Gasteiger partial charge in [0.05, 0.1) is 11.7 Å². The number of aryl methyl sites for hydroxylation is 3. The second-order valence-corrected chi connectivity index (χ2v) is 5.06. The van der Waals surface area contributed by atoms with Crippen LogP contribution >= 0.6 is 0 Å². The smallest absolute Gasteiger partial charge is 0.237 e. The molecule has 3 N–H and O–H groups in total. The van der Waals surface area contributed by atoms with Crippen molar-refractivity contribution in [1.29, 1.82) is 0 Å². The highest BCUT2D eigenvalue weighted by molar-refractivity contribution is 5.81. The number of rotatable bonds is 6. The van der Waals surface area contributed by atoms with E-state index in [4.69, 9.17) is 5.73 Å². The first kappa shape index (κ1) is 14.7. The second-order valence-electron chi connectivity index (χ2n) is 5.06. The average Bonchev–Trinajstić information content (AvgIpc) is 2.62. The molecule has 0 aliphatic carbocycles. The molecule has 1 aromatic rings. The van der Waals surface area contributed by atoms with E-state index in [0.29, 0.717) is 6.54 Å². The van der Waals surface area contributed by atoms with Crippen LogP contribution in [-0.2, 0) is 11.3 Å². The molecule has 1 heterocycles. The van der Waals surface area contributed by atoms with Crippen LogP contribution in [0.1, 0.15) is 31.7 Å². The predicted octanol–water partition coefficient (Wildman–Crippen LogP) is 0.990. The summed E-state index contributed by atoms with van der Waals surface area (Å²) in [5, 5.41) is 7.22. The molecule has 1 rings (SSSR count). The number of amides is 1. The molecule has 0 unspecified atom stereocenters. The van der Waals surface area contributed by atoms with Gasteiger partial charge >= 0.3 is 0 Å². The number of nitrogens with one attached hydrogen (secondary N) is 1. The lowest BCUT2D eigenvalue weighted by Crippen LogP contribution is -2.44. The summed E-state index contributed by atoms with van der Waals surface area (Å²) < 4.78 is 1.96. The minimum absolute atomic E-state index is 0.0710. The van der Waals surface area contributed by atoms with Crippen molar-refractivity contribution in [1.82, 2.24) is 15.1 Å². The molecule has 102 valence electrons. The van der Waals surface area contributed by atoms with E-state index in [1.807, 2.05) is 38.4 Å². The average molecular weight is 252 g/mol. The summed E-state index contributed by atoms with van der Waals surface area (Å²) in [4.78, 5) is 11.6. The lowest BCUT2D eigenvalue weighted by molar-refractivity contribution is -0.123. The molecule has 5 nitrogen and oxygen atoms in total. The number of nitrogens with two attached hydrogens (primary N) is 1. The van der Waals surface area contributed by atoms with Crippen LogP contribution in [-0.4, -0.2) is 28.3 Å². The Kier molecular flexibility index (Phi) is 5.34. The predicted molar refractivity (Wildman–Crippen MR) is 72.1 cm³/mol. The van der Waals surface area contributed by atoms with E-state index < -0.39 is 6.04 Å².